The van der Waals surface area contributed by atoms with E-state index in [4.69, 9.17) is 16.6 Å². The van der Waals surface area contributed by atoms with E-state index in [1.807, 2.05) is 6.07 Å². The molecule has 0 spiro atoms. The molecule has 186 valence electrons. The van der Waals surface area contributed by atoms with Gasteiger partial charge in [-0.1, -0.05) is 23.7 Å². The zero-order valence-corrected chi connectivity index (χ0v) is 20.4. The normalized spacial score (nSPS) is 17.7. The quantitative estimate of drug-likeness (QED) is 0.340. The van der Waals surface area contributed by atoms with Crippen LogP contribution in [0.15, 0.2) is 61.2 Å². The minimum Gasteiger partial charge on any atom is -0.348 e. The maximum Gasteiger partial charge on any atom is 0.270 e. The smallest absolute Gasteiger partial charge is 0.270 e. The number of H-pyrrole nitrogens is 1. The van der Waals surface area contributed by atoms with Crippen LogP contribution in [0.2, 0.25) is 5.02 Å². The van der Waals surface area contributed by atoms with Crippen LogP contribution in [0.25, 0.3) is 33.9 Å². The first kappa shape index (κ1) is 23.2. The van der Waals surface area contributed by atoms with Gasteiger partial charge in [-0.05, 0) is 56.0 Å². The van der Waals surface area contributed by atoms with Crippen LogP contribution >= 0.6 is 11.6 Å². The summed E-state index contributed by atoms with van der Waals surface area (Å²) in [5.41, 5.74) is 2.76. The molecule has 1 amide bonds. The second-order valence-electron chi connectivity index (χ2n) is 9.03. The number of fused-ring (bicyclic) bond motifs is 1. The summed E-state index contributed by atoms with van der Waals surface area (Å²) in [5, 5.41) is 10.3. The van der Waals surface area contributed by atoms with Crippen molar-refractivity contribution in [3.8, 4) is 22.9 Å². The summed E-state index contributed by atoms with van der Waals surface area (Å²) < 4.78 is 17.0. The maximum absolute atomic E-state index is 15.0. The average molecular weight is 517 g/mol. The second kappa shape index (κ2) is 9.70. The fraction of sp³-hybridized carbons (Fsp3) is 0.231. The Hall–Kier alpha value is -4.18. The van der Waals surface area contributed by atoms with Crippen LogP contribution in [0.1, 0.15) is 42.2 Å². The topological polar surface area (TPSA) is 114 Å². The first-order valence-corrected chi connectivity index (χ1v) is 12.4. The Bertz CT molecular complexity index is 1590. The van der Waals surface area contributed by atoms with Gasteiger partial charge in [0.1, 0.15) is 34.9 Å². The lowest BCUT2D eigenvalue weighted by Gasteiger charge is -2.32. The highest BCUT2D eigenvalue weighted by atomic mass is 35.5. The molecule has 11 heteroatoms. The molecule has 9 nitrogen and oxygen atoms in total. The van der Waals surface area contributed by atoms with Crippen LogP contribution in [-0.2, 0) is 0 Å². The van der Waals surface area contributed by atoms with E-state index >= 15 is 0 Å². The number of halogens is 2. The fourth-order valence-corrected chi connectivity index (χ4v) is 5.14. The average Bonchev–Trinajstić information content (AvgIpc) is 3.57. The molecule has 1 aromatic carbocycles. The van der Waals surface area contributed by atoms with Gasteiger partial charge in [-0.3, -0.25) is 19.9 Å². The van der Waals surface area contributed by atoms with E-state index in [1.54, 1.807) is 36.5 Å². The number of aromatic nitrogens is 7. The molecule has 4 heterocycles. The molecule has 0 bridgehead atoms. The largest absolute Gasteiger partial charge is 0.348 e. The summed E-state index contributed by atoms with van der Waals surface area (Å²) in [6.07, 6.45) is 7.82. The summed E-state index contributed by atoms with van der Waals surface area (Å²) in [6, 6.07) is 11.6. The van der Waals surface area contributed by atoms with Gasteiger partial charge in [-0.15, -0.1) is 0 Å². The molecule has 4 aromatic heterocycles. The number of carbonyl (C=O) groups excluding carboxylic acids is 1. The summed E-state index contributed by atoms with van der Waals surface area (Å²) in [4.78, 5) is 30.5. The van der Waals surface area contributed by atoms with Gasteiger partial charge in [-0.2, -0.15) is 5.10 Å². The molecule has 0 radical (unpaired) electrons. The number of hydrogen-bond donors (Lipinski definition) is 2. The first-order valence-electron chi connectivity index (χ1n) is 12.0. The third-order valence-corrected chi connectivity index (χ3v) is 6.88. The van der Waals surface area contributed by atoms with Crippen molar-refractivity contribution < 1.29 is 9.18 Å². The van der Waals surface area contributed by atoms with E-state index in [0.717, 1.165) is 24.8 Å². The summed E-state index contributed by atoms with van der Waals surface area (Å²) in [6.45, 7) is 0. The molecule has 0 saturated heterocycles. The molecular weight excluding hydrogens is 495 g/mol. The predicted octanol–water partition coefficient (Wildman–Crippen LogP) is 4.98. The third-order valence-electron chi connectivity index (χ3n) is 6.65. The minimum atomic E-state index is -0.352. The lowest BCUT2D eigenvalue weighted by atomic mass is 9.90. The van der Waals surface area contributed by atoms with Crippen molar-refractivity contribution in [2.24, 2.45) is 0 Å². The molecule has 1 fully saturated rings. The zero-order valence-electron chi connectivity index (χ0n) is 19.6. The Balaban J connectivity index is 1.39. The number of rotatable bonds is 5. The van der Waals surface area contributed by atoms with Gasteiger partial charge >= 0.3 is 0 Å². The number of carbonyl (C=O) groups is 1. The van der Waals surface area contributed by atoms with E-state index in [1.165, 1.54) is 18.6 Å². The molecule has 2 atom stereocenters. The predicted molar refractivity (Wildman–Crippen MR) is 136 cm³/mol. The molecule has 37 heavy (non-hydrogen) atoms. The summed E-state index contributed by atoms with van der Waals surface area (Å²) in [7, 11) is 0. The Labute approximate surface area is 216 Å². The molecule has 2 N–H and O–H groups in total. The van der Waals surface area contributed by atoms with Gasteiger partial charge in [0.05, 0.1) is 17.3 Å². The number of hydrogen-bond acceptors (Lipinski definition) is 6. The number of aromatic amines is 1. The van der Waals surface area contributed by atoms with Gasteiger partial charge in [-0.25, -0.2) is 14.4 Å². The van der Waals surface area contributed by atoms with E-state index in [-0.39, 0.29) is 29.5 Å². The Kier molecular flexibility index (Phi) is 6.09. The standard InChI is InChI=1S/C26H22ClFN8O/c27-15-8-9-29-21(10-15)26(37)33-16-4-3-5-17(11-16)36-23-12-20(24-31-14-32-35-24)30-13-22(23)34-25(36)18-6-1-2-7-19(18)28/h1-2,6-10,12-14,16-17H,3-5,11H2,(H,33,37)(H,31,32,35)/t16-,17+/m0/s1. The Morgan fingerprint density at radius 1 is 1.14 bits per heavy atom. The van der Waals surface area contributed by atoms with Gasteiger partial charge in [0.25, 0.3) is 5.91 Å². The maximum atomic E-state index is 15.0. The number of amides is 1. The first-order chi connectivity index (χ1) is 18.1. The minimum absolute atomic E-state index is 0.0315. The number of pyridine rings is 2. The van der Waals surface area contributed by atoms with Gasteiger partial charge in [0.2, 0.25) is 0 Å². The number of nitrogens with zero attached hydrogens (tertiary/aromatic N) is 6. The fourth-order valence-electron chi connectivity index (χ4n) is 4.98. The molecule has 6 rings (SSSR count). The van der Waals surface area contributed by atoms with Crippen LogP contribution in [0.3, 0.4) is 0 Å². The number of nitrogens with one attached hydrogen (secondary N) is 2. The van der Waals surface area contributed by atoms with Crippen molar-refractivity contribution >= 4 is 28.5 Å². The molecular formula is C26H22ClFN8O. The van der Waals surface area contributed by atoms with E-state index < -0.39 is 0 Å². The van der Waals surface area contributed by atoms with E-state index in [9.17, 15) is 9.18 Å². The molecule has 5 aromatic rings. The lowest BCUT2D eigenvalue weighted by molar-refractivity contribution is 0.0916. The summed E-state index contributed by atoms with van der Waals surface area (Å²) >= 11 is 6.04. The van der Waals surface area contributed by atoms with Crippen molar-refractivity contribution in [3.63, 3.8) is 0 Å². The van der Waals surface area contributed by atoms with Crippen LogP contribution < -0.4 is 5.32 Å². The third kappa shape index (κ3) is 4.55. The lowest BCUT2D eigenvalue weighted by Crippen LogP contribution is -2.39. The van der Waals surface area contributed by atoms with Crippen molar-refractivity contribution in [2.75, 3.05) is 0 Å². The van der Waals surface area contributed by atoms with Crippen molar-refractivity contribution in [1.29, 1.82) is 0 Å². The van der Waals surface area contributed by atoms with Crippen molar-refractivity contribution in [2.45, 2.75) is 37.8 Å². The van der Waals surface area contributed by atoms with Crippen LogP contribution in [-0.4, -0.2) is 46.6 Å². The van der Waals surface area contributed by atoms with Crippen molar-refractivity contribution in [1.82, 2.24) is 40.0 Å². The molecule has 1 aliphatic rings. The molecule has 1 aliphatic carbocycles. The van der Waals surface area contributed by atoms with E-state index in [0.29, 0.717) is 39.9 Å². The van der Waals surface area contributed by atoms with Gasteiger partial charge < -0.3 is 9.88 Å². The number of imidazole rings is 1. The summed E-state index contributed by atoms with van der Waals surface area (Å²) in [5.74, 6) is 0.438. The monoisotopic (exact) mass is 516 g/mol. The Morgan fingerprint density at radius 3 is 2.84 bits per heavy atom. The second-order valence-corrected chi connectivity index (χ2v) is 9.46. The van der Waals surface area contributed by atoms with Crippen LogP contribution in [0.5, 0.6) is 0 Å². The molecule has 0 unspecified atom stereocenters. The highest BCUT2D eigenvalue weighted by molar-refractivity contribution is 6.30. The van der Waals surface area contributed by atoms with Crippen LogP contribution in [0.4, 0.5) is 4.39 Å². The Morgan fingerprint density at radius 2 is 2.03 bits per heavy atom. The van der Waals surface area contributed by atoms with Crippen molar-refractivity contribution in [3.05, 3.63) is 77.7 Å². The SMILES string of the molecule is O=C(N[C@H]1CCC[C@@H](n2c(-c3ccccc3F)nc3cnc(-c4ncn[nH]4)cc32)C1)c1cc(Cl)ccn1. The van der Waals surface area contributed by atoms with E-state index in [2.05, 4.69) is 35.0 Å². The molecule has 1 saturated carbocycles. The number of benzene rings is 1. The van der Waals surface area contributed by atoms with Gasteiger partial charge in [0.15, 0.2) is 5.82 Å². The highest BCUT2D eigenvalue weighted by Gasteiger charge is 2.29. The highest BCUT2D eigenvalue weighted by Crippen LogP contribution is 2.37. The molecule has 0 aliphatic heterocycles. The van der Waals surface area contributed by atoms with Gasteiger partial charge in [0, 0.05) is 23.3 Å². The van der Waals surface area contributed by atoms with Crippen LogP contribution in [0, 0.1) is 5.82 Å². The zero-order chi connectivity index (χ0) is 25.4.